The van der Waals surface area contributed by atoms with E-state index in [4.69, 9.17) is 0 Å². The van der Waals surface area contributed by atoms with Gasteiger partial charge < -0.3 is 9.97 Å². The van der Waals surface area contributed by atoms with Crippen LogP contribution in [0.15, 0.2) is 59.4 Å². The number of piperidine rings is 1. The summed E-state index contributed by atoms with van der Waals surface area (Å²) in [6, 6.07) is 15.1. The highest BCUT2D eigenvalue weighted by Gasteiger charge is 2.40. The van der Waals surface area contributed by atoms with Gasteiger partial charge in [0.05, 0.1) is 11.1 Å². The first-order valence-electron chi connectivity index (χ1n) is 10.3. The lowest BCUT2D eigenvalue weighted by atomic mass is 9.70. The van der Waals surface area contributed by atoms with E-state index in [2.05, 4.69) is 14.9 Å². The largest absolute Gasteiger partial charge is 0.323 e. The van der Waals surface area contributed by atoms with E-state index < -0.39 is 16.9 Å². The molecule has 0 spiro atoms. The topological polar surface area (TPSA) is 86.0 Å². The fraction of sp³-hybridized carbons (Fsp3) is 0.292. The molecule has 31 heavy (non-hydrogen) atoms. The summed E-state index contributed by atoms with van der Waals surface area (Å²) in [5, 5.41) is 0. The van der Waals surface area contributed by atoms with Gasteiger partial charge in [0.25, 0.3) is 0 Å². The third-order valence-corrected chi connectivity index (χ3v) is 6.23. The van der Waals surface area contributed by atoms with Crippen LogP contribution in [-0.2, 0) is 16.8 Å². The van der Waals surface area contributed by atoms with Gasteiger partial charge in [-0.15, -0.1) is 0 Å². The zero-order valence-corrected chi connectivity index (χ0v) is 17.3. The summed E-state index contributed by atoms with van der Waals surface area (Å²) in [5.74, 6) is -0.645. The number of aromatic amines is 2. The second kappa shape index (κ2) is 8.43. The molecule has 2 aromatic carbocycles. The van der Waals surface area contributed by atoms with Crippen molar-refractivity contribution < 1.29 is 14.0 Å². The van der Waals surface area contributed by atoms with Gasteiger partial charge in [0.2, 0.25) is 5.78 Å². The fourth-order valence-electron chi connectivity index (χ4n) is 4.40. The molecule has 160 valence electrons. The molecule has 0 atom stereocenters. The zero-order chi connectivity index (χ0) is 22.0. The van der Waals surface area contributed by atoms with Gasteiger partial charge in [-0.1, -0.05) is 30.3 Å². The highest BCUT2D eigenvalue weighted by molar-refractivity contribution is 6.08. The van der Waals surface area contributed by atoms with Crippen LogP contribution in [0.4, 0.5) is 4.39 Å². The molecule has 4 rings (SSSR count). The van der Waals surface area contributed by atoms with Crippen LogP contribution >= 0.6 is 0 Å². The monoisotopic (exact) mass is 421 g/mol. The Kier molecular flexibility index (Phi) is 5.69. The highest BCUT2D eigenvalue weighted by Crippen LogP contribution is 2.36. The maximum Gasteiger partial charge on any atom is 0.323 e. The molecular formula is C24H24FN3O3. The number of H-pyrrole nitrogens is 2. The van der Waals surface area contributed by atoms with Crippen LogP contribution in [0.2, 0.25) is 0 Å². The van der Waals surface area contributed by atoms with Crippen LogP contribution in [-0.4, -0.2) is 39.5 Å². The number of rotatable bonds is 6. The number of Topliss-reactive ketones (excluding diaryl/α,β-unsaturated/α-hetero) is 1. The van der Waals surface area contributed by atoms with Crippen molar-refractivity contribution >= 4 is 11.6 Å². The number of imidazole rings is 1. The van der Waals surface area contributed by atoms with Gasteiger partial charge >= 0.3 is 5.69 Å². The number of nitrogens with zero attached hydrogens (tertiary/aromatic N) is 1. The predicted molar refractivity (Wildman–Crippen MR) is 115 cm³/mol. The van der Waals surface area contributed by atoms with Crippen molar-refractivity contribution in [1.82, 2.24) is 14.9 Å². The number of likely N-dealkylation sites (tertiary alicyclic amines) is 1. The van der Waals surface area contributed by atoms with Crippen LogP contribution in [0, 0.1) is 5.82 Å². The summed E-state index contributed by atoms with van der Waals surface area (Å²) in [6.45, 7) is 3.34. The molecule has 3 aromatic rings. The maximum absolute atomic E-state index is 13.2. The van der Waals surface area contributed by atoms with Gasteiger partial charge in [0, 0.05) is 12.1 Å². The Morgan fingerprint density at radius 2 is 1.65 bits per heavy atom. The molecule has 0 saturated carbocycles. The van der Waals surface area contributed by atoms with E-state index in [9.17, 15) is 18.8 Å². The standard InChI is InChI=1S/C24H24FN3O3/c1-16(29)24(18-5-3-2-4-6-18)11-13-28(14-12-24)15-20-21(27-23(31)26-20)22(30)17-7-9-19(25)10-8-17/h2-10H,11-15H2,1H3,(H2,26,27,31). The summed E-state index contributed by atoms with van der Waals surface area (Å²) in [6.07, 6.45) is 1.34. The van der Waals surface area contributed by atoms with E-state index in [0.717, 1.165) is 5.56 Å². The van der Waals surface area contributed by atoms with E-state index in [1.807, 2.05) is 30.3 Å². The first kappa shape index (κ1) is 20.9. The van der Waals surface area contributed by atoms with Crippen LogP contribution in [0.3, 0.4) is 0 Å². The molecule has 1 aliphatic rings. The number of aromatic nitrogens is 2. The lowest BCUT2D eigenvalue weighted by Crippen LogP contribution is -2.46. The molecule has 2 heterocycles. The van der Waals surface area contributed by atoms with Crippen molar-refractivity contribution in [3.8, 4) is 0 Å². The Labute approximate surface area is 179 Å². The van der Waals surface area contributed by atoms with Crippen molar-refractivity contribution in [2.75, 3.05) is 13.1 Å². The third kappa shape index (κ3) is 4.14. The van der Waals surface area contributed by atoms with Gasteiger partial charge in [-0.2, -0.15) is 0 Å². The average molecular weight is 421 g/mol. The van der Waals surface area contributed by atoms with E-state index in [-0.39, 0.29) is 17.3 Å². The minimum Gasteiger partial charge on any atom is -0.308 e. The summed E-state index contributed by atoms with van der Waals surface area (Å²) in [7, 11) is 0. The number of carbonyl (C=O) groups is 2. The van der Waals surface area contributed by atoms with E-state index in [1.54, 1.807) is 6.92 Å². The van der Waals surface area contributed by atoms with Crippen LogP contribution in [0.25, 0.3) is 0 Å². The van der Waals surface area contributed by atoms with Crippen molar-refractivity contribution in [2.45, 2.75) is 31.7 Å². The van der Waals surface area contributed by atoms with E-state index in [0.29, 0.717) is 43.7 Å². The van der Waals surface area contributed by atoms with Gasteiger partial charge in [0.1, 0.15) is 17.3 Å². The Balaban J connectivity index is 1.52. The first-order valence-corrected chi connectivity index (χ1v) is 10.3. The van der Waals surface area contributed by atoms with Crippen LogP contribution in [0.1, 0.15) is 47.1 Å². The molecule has 2 N–H and O–H groups in total. The molecule has 0 aliphatic carbocycles. The average Bonchev–Trinajstić information content (AvgIpc) is 3.15. The third-order valence-electron chi connectivity index (χ3n) is 6.23. The SMILES string of the molecule is CC(=O)C1(c2ccccc2)CCN(Cc2[nH]c(=O)[nH]c2C(=O)c2ccc(F)cc2)CC1. The zero-order valence-electron chi connectivity index (χ0n) is 17.3. The van der Waals surface area contributed by atoms with Crippen LogP contribution in [0.5, 0.6) is 0 Å². The Hall–Kier alpha value is -3.32. The predicted octanol–water partition coefficient (Wildman–Crippen LogP) is 3.20. The second-order valence-corrected chi connectivity index (χ2v) is 8.05. The Morgan fingerprint density at radius 3 is 2.26 bits per heavy atom. The molecule has 0 amide bonds. The molecule has 6 nitrogen and oxygen atoms in total. The molecule has 0 radical (unpaired) electrons. The summed E-state index contributed by atoms with van der Waals surface area (Å²) >= 11 is 0. The normalized spacial score (nSPS) is 16.2. The van der Waals surface area contributed by atoms with Gasteiger partial charge in [0.15, 0.2) is 0 Å². The highest BCUT2D eigenvalue weighted by atomic mass is 19.1. The molecule has 1 aromatic heterocycles. The number of nitrogens with one attached hydrogen (secondary N) is 2. The van der Waals surface area contributed by atoms with E-state index in [1.165, 1.54) is 24.3 Å². The quantitative estimate of drug-likeness (QED) is 0.599. The number of carbonyl (C=O) groups excluding carboxylic acids is 2. The lowest BCUT2D eigenvalue weighted by Gasteiger charge is -2.40. The Bertz CT molecular complexity index is 1140. The lowest BCUT2D eigenvalue weighted by molar-refractivity contribution is -0.124. The van der Waals surface area contributed by atoms with Gasteiger partial charge in [-0.3, -0.25) is 14.5 Å². The van der Waals surface area contributed by atoms with E-state index >= 15 is 0 Å². The molecule has 0 bridgehead atoms. The summed E-state index contributed by atoms with van der Waals surface area (Å²) < 4.78 is 13.2. The molecule has 0 unspecified atom stereocenters. The molecule has 1 saturated heterocycles. The number of benzene rings is 2. The second-order valence-electron chi connectivity index (χ2n) is 8.05. The molecular weight excluding hydrogens is 397 g/mol. The van der Waals surface area contributed by atoms with Crippen molar-refractivity contribution in [2.24, 2.45) is 0 Å². The van der Waals surface area contributed by atoms with Crippen molar-refractivity contribution in [3.05, 3.63) is 93.4 Å². The Morgan fingerprint density at radius 1 is 1.00 bits per heavy atom. The molecule has 1 fully saturated rings. The van der Waals surface area contributed by atoms with Crippen LogP contribution < -0.4 is 5.69 Å². The molecule has 7 heteroatoms. The number of hydrogen-bond acceptors (Lipinski definition) is 4. The summed E-state index contributed by atoms with van der Waals surface area (Å²) in [4.78, 5) is 44.8. The minimum absolute atomic E-state index is 0.153. The fourth-order valence-corrected chi connectivity index (χ4v) is 4.40. The maximum atomic E-state index is 13.2. The first-order chi connectivity index (χ1) is 14.9. The number of hydrogen-bond donors (Lipinski definition) is 2. The number of ketones is 2. The van der Waals surface area contributed by atoms with Crippen molar-refractivity contribution in [3.63, 3.8) is 0 Å². The van der Waals surface area contributed by atoms with Gasteiger partial charge in [-0.05, 0) is 62.7 Å². The minimum atomic E-state index is -0.504. The van der Waals surface area contributed by atoms with Crippen molar-refractivity contribution in [1.29, 1.82) is 0 Å². The molecule has 1 aliphatic heterocycles. The van der Waals surface area contributed by atoms with Gasteiger partial charge in [-0.25, -0.2) is 9.18 Å². The summed E-state index contributed by atoms with van der Waals surface area (Å²) in [5.41, 5.74) is 1.05. The smallest absolute Gasteiger partial charge is 0.308 e. The number of halogens is 1.